The molecule has 1 aromatic heterocycles. The Kier molecular flexibility index (Phi) is 7.22. The quantitative estimate of drug-likeness (QED) is 0.499. The number of ether oxygens (including phenoxy) is 1. The summed E-state index contributed by atoms with van der Waals surface area (Å²) in [6.07, 6.45) is 5.17. The van der Waals surface area contributed by atoms with Crippen molar-refractivity contribution < 1.29 is 9.53 Å². The lowest BCUT2D eigenvalue weighted by atomic mass is 9.99. The van der Waals surface area contributed by atoms with Gasteiger partial charge in [-0.15, -0.1) is 0 Å². The summed E-state index contributed by atoms with van der Waals surface area (Å²) in [4.78, 5) is 20.0. The summed E-state index contributed by atoms with van der Waals surface area (Å²) in [7, 11) is 1.64. The summed E-state index contributed by atoms with van der Waals surface area (Å²) < 4.78 is 5.44. The Balaban J connectivity index is 1.43. The molecule has 168 valence electrons. The monoisotopic (exact) mass is 432 g/mol. The standard InChI is InChI=1S/C26H32N4O2/c1-19-12-16-30(17-13-19)15-7-14-27-26(31)22-18-28-25(21-9-4-3-8-20(21)22)29-23-10-5-6-11-24(23)32-2/h3-6,8-11,18-19H,7,12-17H2,1-2H3,(H,27,31)(H,28,29). The SMILES string of the molecule is COc1ccccc1Nc1ncc(C(=O)NCCCN2CCC(C)CC2)c2ccccc12. The number of carbonyl (C=O) groups excluding carboxylic acids is 1. The molecule has 3 aromatic rings. The van der Waals surface area contributed by atoms with Crippen LogP contribution in [0.25, 0.3) is 10.8 Å². The summed E-state index contributed by atoms with van der Waals surface area (Å²) in [5, 5.41) is 8.21. The fraction of sp³-hybridized carbons (Fsp3) is 0.385. The number of pyridine rings is 1. The second-order valence-electron chi connectivity index (χ2n) is 8.52. The summed E-state index contributed by atoms with van der Waals surface area (Å²) >= 11 is 0. The number of aromatic nitrogens is 1. The number of piperidine rings is 1. The number of methoxy groups -OCH3 is 1. The van der Waals surface area contributed by atoms with Crippen LogP contribution in [0.1, 0.15) is 36.5 Å². The molecule has 4 rings (SSSR count). The van der Waals surface area contributed by atoms with Crippen molar-refractivity contribution in [3.63, 3.8) is 0 Å². The molecule has 1 amide bonds. The van der Waals surface area contributed by atoms with Gasteiger partial charge in [-0.25, -0.2) is 4.98 Å². The zero-order chi connectivity index (χ0) is 22.3. The number of carbonyl (C=O) groups is 1. The maximum atomic E-state index is 12.9. The van der Waals surface area contributed by atoms with Crippen LogP contribution in [0.15, 0.2) is 54.7 Å². The van der Waals surface area contributed by atoms with Gasteiger partial charge < -0.3 is 20.3 Å². The van der Waals surface area contributed by atoms with Crippen LogP contribution in [-0.4, -0.2) is 49.1 Å². The van der Waals surface area contributed by atoms with E-state index in [0.717, 1.165) is 41.1 Å². The molecule has 0 atom stereocenters. The van der Waals surface area contributed by atoms with Crippen LogP contribution in [0.4, 0.5) is 11.5 Å². The van der Waals surface area contributed by atoms with E-state index in [4.69, 9.17) is 4.74 Å². The summed E-state index contributed by atoms with van der Waals surface area (Å²) in [6, 6.07) is 15.6. The number of fused-ring (bicyclic) bond motifs is 1. The number of likely N-dealkylation sites (tertiary alicyclic amines) is 1. The molecule has 0 bridgehead atoms. The number of amides is 1. The molecule has 0 radical (unpaired) electrons. The molecule has 6 nitrogen and oxygen atoms in total. The second-order valence-corrected chi connectivity index (χ2v) is 8.52. The van der Waals surface area contributed by atoms with Gasteiger partial charge in [0, 0.05) is 18.1 Å². The van der Waals surface area contributed by atoms with Crippen molar-refractivity contribution in [2.24, 2.45) is 5.92 Å². The van der Waals surface area contributed by atoms with Crippen molar-refractivity contribution in [1.82, 2.24) is 15.2 Å². The molecule has 0 unspecified atom stereocenters. The van der Waals surface area contributed by atoms with E-state index < -0.39 is 0 Å². The number of nitrogens with zero attached hydrogens (tertiary/aromatic N) is 2. The van der Waals surface area contributed by atoms with E-state index >= 15 is 0 Å². The Morgan fingerprint density at radius 3 is 2.59 bits per heavy atom. The normalized spacial score (nSPS) is 14.9. The van der Waals surface area contributed by atoms with Gasteiger partial charge in [0.25, 0.3) is 5.91 Å². The summed E-state index contributed by atoms with van der Waals surface area (Å²) in [5.41, 5.74) is 1.43. The Bertz CT molecular complexity index is 1060. The Labute approximate surface area is 190 Å². The van der Waals surface area contributed by atoms with Crippen molar-refractivity contribution in [3.05, 3.63) is 60.3 Å². The van der Waals surface area contributed by atoms with Crippen LogP contribution in [0.2, 0.25) is 0 Å². The van der Waals surface area contributed by atoms with Crippen molar-refractivity contribution >= 4 is 28.2 Å². The van der Waals surface area contributed by atoms with Crippen LogP contribution in [0.3, 0.4) is 0 Å². The molecule has 1 fully saturated rings. The first-order valence-electron chi connectivity index (χ1n) is 11.4. The largest absolute Gasteiger partial charge is 0.495 e. The van der Waals surface area contributed by atoms with Gasteiger partial charge >= 0.3 is 0 Å². The maximum Gasteiger partial charge on any atom is 0.253 e. The van der Waals surface area contributed by atoms with Gasteiger partial charge in [0.15, 0.2) is 0 Å². The van der Waals surface area contributed by atoms with Crippen LogP contribution in [-0.2, 0) is 0 Å². The lowest BCUT2D eigenvalue weighted by Gasteiger charge is -2.30. The fourth-order valence-corrected chi connectivity index (χ4v) is 4.23. The molecule has 2 N–H and O–H groups in total. The van der Waals surface area contributed by atoms with Crippen LogP contribution in [0.5, 0.6) is 5.75 Å². The molecule has 6 heteroatoms. The molecular formula is C26H32N4O2. The third-order valence-electron chi connectivity index (χ3n) is 6.21. The number of para-hydroxylation sites is 2. The molecule has 2 heterocycles. The summed E-state index contributed by atoms with van der Waals surface area (Å²) in [6.45, 7) is 6.37. The smallest absolute Gasteiger partial charge is 0.253 e. The third kappa shape index (κ3) is 5.19. The molecule has 1 aliphatic rings. The van der Waals surface area contributed by atoms with E-state index in [1.165, 1.54) is 25.9 Å². The van der Waals surface area contributed by atoms with Gasteiger partial charge in [-0.05, 0) is 62.3 Å². The highest BCUT2D eigenvalue weighted by Gasteiger charge is 2.16. The molecule has 32 heavy (non-hydrogen) atoms. The van der Waals surface area contributed by atoms with Crippen LogP contribution >= 0.6 is 0 Å². The lowest BCUT2D eigenvalue weighted by Crippen LogP contribution is -2.35. The lowest BCUT2D eigenvalue weighted by molar-refractivity contribution is 0.0952. The highest BCUT2D eigenvalue weighted by molar-refractivity contribution is 6.09. The minimum Gasteiger partial charge on any atom is -0.495 e. The molecule has 0 saturated carbocycles. The average molecular weight is 433 g/mol. The van der Waals surface area contributed by atoms with Crippen molar-refractivity contribution in [2.45, 2.75) is 26.2 Å². The summed E-state index contributed by atoms with van der Waals surface area (Å²) in [5.74, 6) is 2.20. The van der Waals surface area contributed by atoms with Crippen molar-refractivity contribution in [2.75, 3.05) is 38.6 Å². The maximum absolute atomic E-state index is 12.9. The molecule has 1 saturated heterocycles. The second kappa shape index (κ2) is 10.5. The van der Waals surface area contributed by atoms with Crippen LogP contribution in [0, 0.1) is 5.92 Å². The predicted octanol–water partition coefficient (Wildman–Crippen LogP) is 4.84. The Morgan fingerprint density at radius 2 is 1.81 bits per heavy atom. The van der Waals surface area contributed by atoms with E-state index in [0.29, 0.717) is 17.9 Å². The Hall–Kier alpha value is -3.12. The first-order valence-corrected chi connectivity index (χ1v) is 11.4. The van der Waals surface area contributed by atoms with E-state index in [2.05, 4.69) is 27.4 Å². The van der Waals surface area contributed by atoms with Crippen molar-refractivity contribution in [3.8, 4) is 5.75 Å². The van der Waals surface area contributed by atoms with Gasteiger partial charge in [-0.3, -0.25) is 4.79 Å². The predicted molar refractivity (Wildman–Crippen MR) is 130 cm³/mol. The fourth-order valence-electron chi connectivity index (χ4n) is 4.23. The number of hydrogen-bond acceptors (Lipinski definition) is 5. The van der Waals surface area contributed by atoms with Gasteiger partial charge in [0.1, 0.15) is 11.6 Å². The van der Waals surface area contributed by atoms with E-state index in [9.17, 15) is 4.79 Å². The van der Waals surface area contributed by atoms with Gasteiger partial charge in [-0.1, -0.05) is 43.3 Å². The zero-order valence-electron chi connectivity index (χ0n) is 18.9. The van der Waals surface area contributed by atoms with Crippen LogP contribution < -0.4 is 15.4 Å². The minimum atomic E-state index is -0.0789. The molecular weight excluding hydrogens is 400 g/mol. The molecule has 2 aromatic carbocycles. The van der Waals surface area contributed by atoms with E-state index in [-0.39, 0.29) is 5.91 Å². The van der Waals surface area contributed by atoms with E-state index in [1.807, 2.05) is 48.5 Å². The number of anilines is 2. The minimum absolute atomic E-state index is 0.0789. The number of nitrogens with one attached hydrogen (secondary N) is 2. The zero-order valence-corrected chi connectivity index (χ0v) is 18.9. The topological polar surface area (TPSA) is 66.5 Å². The third-order valence-corrected chi connectivity index (χ3v) is 6.21. The number of benzene rings is 2. The first kappa shape index (κ1) is 22.1. The number of hydrogen-bond donors (Lipinski definition) is 2. The van der Waals surface area contributed by atoms with Gasteiger partial charge in [-0.2, -0.15) is 0 Å². The number of rotatable bonds is 8. The van der Waals surface area contributed by atoms with Crippen molar-refractivity contribution in [1.29, 1.82) is 0 Å². The van der Waals surface area contributed by atoms with Gasteiger partial charge in [0.2, 0.25) is 0 Å². The highest BCUT2D eigenvalue weighted by Crippen LogP contribution is 2.31. The molecule has 0 aliphatic carbocycles. The van der Waals surface area contributed by atoms with E-state index in [1.54, 1.807) is 13.3 Å². The Morgan fingerprint density at radius 1 is 1.09 bits per heavy atom. The molecule has 1 aliphatic heterocycles. The highest BCUT2D eigenvalue weighted by atomic mass is 16.5. The first-order chi connectivity index (χ1) is 15.7. The molecule has 0 spiro atoms. The van der Waals surface area contributed by atoms with Gasteiger partial charge in [0.05, 0.1) is 18.4 Å². The average Bonchev–Trinajstić information content (AvgIpc) is 2.83.